The van der Waals surface area contributed by atoms with Gasteiger partial charge < -0.3 is 4.57 Å². The van der Waals surface area contributed by atoms with Gasteiger partial charge in [-0.15, -0.1) is 6.58 Å². The average molecular weight is 470 g/mol. The van der Waals surface area contributed by atoms with Crippen LogP contribution in [0.1, 0.15) is 24.0 Å². The smallest absolute Gasteiger partial charge is 0.252 e. The third-order valence-corrected chi connectivity index (χ3v) is 8.67. The zero-order valence-electron chi connectivity index (χ0n) is 18.3. The van der Waals surface area contributed by atoms with Crippen LogP contribution >= 0.6 is 11.3 Å². The number of allylic oxidation sites excluding steroid dienone is 1. The minimum Gasteiger partial charge on any atom is -0.313 e. The highest BCUT2D eigenvalue weighted by atomic mass is 32.2. The van der Waals surface area contributed by atoms with Crippen molar-refractivity contribution in [3.05, 3.63) is 71.0 Å². The van der Waals surface area contributed by atoms with E-state index in [1.807, 2.05) is 30.5 Å². The number of thiazole rings is 1. The first kappa shape index (κ1) is 22.6. The van der Waals surface area contributed by atoms with E-state index in [1.54, 1.807) is 30.3 Å². The van der Waals surface area contributed by atoms with E-state index >= 15 is 0 Å². The highest BCUT2D eigenvalue weighted by molar-refractivity contribution is 7.89. The largest absolute Gasteiger partial charge is 0.313 e. The molecule has 1 fully saturated rings. The summed E-state index contributed by atoms with van der Waals surface area (Å²) in [7, 11) is -3.64. The summed E-state index contributed by atoms with van der Waals surface area (Å²) in [5, 5.41) is 0. The number of amides is 1. The first-order chi connectivity index (χ1) is 15.3. The summed E-state index contributed by atoms with van der Waals surface area (Å²) >= 11 is 1.47. The third kappa shape index (κ3) is 4.48. The summed E-state index contributed by atoms with van der Waals surface area (Å²) in [6.07, 6.45) is 3.05. The predicted molar refractivity (Wildman–Crippen MR) is 128 cm³/mol. The van der Waals surface area contributed by atoms with Gasteiger partial charge in [0.05, 0.1) is 21.0 Å². The van der Waals surface area contributed by atoms with Gasteiger partial charge in [-0.3, -0.25) is 4.79 Å². The Morgan fingerprint density at radius 2 is 1.91 bits per heavy atom. The second-order valence-corrected chi connectivity index (χ2v) is 11.2. The zero-order valence-corrected chi connectivity index (χ0v) is 20.0. The van der Waals surface area contributed by atoms with Crippen molar-refractivity contribution < 1.29 is 13.2 Å². The molecular weight excluding hydrogens is 442 g/mol. The van der Waals surface area contributed by atoms with Crippen LogP contribution in [0.15, 0.2) is 65.0 Å². The van der Waals surface area contributed by atoms with Crippen LogP contribution in [0.5, 0.6) is 0 Å². The van der Waals surface area contributed by atoms with Gasteiger partial charge >= 0.3 is 0 Å². The summed E-state index contributed by atoms with van der Waals surface area (Å²) in [5.41, 5.74) is 3.16. The van der Waals surface area contributed by atoms with Gasteiger partial charge in [-0.05, 0) is 56.5 Å². The van der Waals surface area contributed by atoms with Crippen molar-refractivity contribution in [1.29, 1.82) is 0 Å². The van der Waals surface area contributed by atoms with Crippen LogP contribution in [0.2, 0.25) is 0 Å². The SMILES string of the molecule is C=CCn1c(=NC(=O)C2CCCN(S(=O)(=O)c3ccc(C)cc3)C2)sc2cc(C)ccc21. The maximum absolute atomic E-state index is 13.1. The summed E-state index contributed by atoms with van der Waals surface area (Å²) in [4.78, 5) is 18.4. The van der Waals surface area contributed by atoms with E-state index in [-0.39, 0.29) is 17.3 Å². The number of hydrogen-bond acceptors (Lipinski definition) is 4. The molecule has 1 aromatic heterocycles. The van der Waals surface area contributed by atoms with E-state index in [4.69, 9.17) is 0 Å². The number of aryl methyl sites for hydroxylation is 2. The fraction of sp³-hybridized carbons (Fsp3) is 0.333. The topological polar surface area (TPSA) is 71.7 Å². The molecule has 0 aliphatic carbocycles. The third-order valence-electron chi connectivity index (χ3n) is 5.75. The molecule has 32 heavy (non-hydrogen) atoms. The Bertz CT molecular complexity index is 1340. The molecule has 1 saturated heterocycles. The van der Waals surface area contributed by atoms with Gasteiger partial charge in [0.2, 0.25) is 10.0 Å². The number of carbonyl (C=O) groups is 1. The van der Waals surface area contributed by atoms with Crippen LogP contribution in [0.3, 0.4) is 0 Å². The van der Waals surface area contributed by atoms with Crippen LogP contribution < -0.4 is 4.80 Å². The fourth-order valence-corrected chi connectivity index (χ4v) is 6.65. The van der Waals surface area contributed by atoms with Crippen molar-refractivity contribution in [1.82, 2.24) is 8.87 Å². The number of hydrogen-bond donors (Lipinski definition) is 0. The van der Waals surface area contributed by atoms with Gasteiger partial charge in [0.15, 0.2) is 4.80 Å². The molecule has 0 radical (unpaired) electrons. The fourth-order valence-electron chi connectivity index (χ4n) is 3.98. The lowest BCUT2D eigenvalue weighted by Crippen LogP contribution is -2.42. The Hall–Kier alpha value is -2.55. The molecule has 0 bridgehead atoms. The van der Waals surface area contributed by atoms with Gasteiger partial charge in [0, 0.05) is 19.6 Å². The second-order valence-electron chi connectivity index (χ2n) is 8.22. The van der Waals surface area contributed by atoms with Crippen LogP contribution in [0.4, 0.5) is 0 Å². The molecule has 8 heteroatoms. The number of fused-ring (bicyclic) bond motifs is 1. The van der Waals surface area contributed by atoms with Crippen molar-refractivity contribution in [2.24, 2.45) is 10.9 Å². The Labute approximate surface area is 192 Å². The monoisotopic (exact) mass is 469 g/mol. The first-order valence-corrected chi connectivity index (χ1v) is 12.9. The van der Waals surface area contributed by atoms with E-state index in [0.29, 0.717) is 30.7 Å². The molecule has 3 aromatic rings. The average Bonchev–Trinajstić information content (AvgIpc) is 3.10. The number of aromatic nitrogens is 1. The highest BCUT2D eigenvalue weighted by Crippen LogP contribution is 2.25. The normalized spacial score (nSPS) is 18.2. The first-order valence-electron chi connectivity index (χ1n) is 10.7. The molecule has 1 atom stereocenters. The molecular formula is C24H27N3O3S2. The molecule has 4 rings (SSSR count). The standard InChI is InChI=1S/C24H27N3O3S2/c1-4-13-27-21-12-9-18(3)15-22(21)31-24(27)25-23(28)19-6-5-14-26(16-19)32(29,30)20-10-7-17(2)8-11-20/h4,7-12,15,19H,1,5-6,13-14,16H2,2-3H3. The van der Waals surface area contributed by atoms with Crippen LogP contribution in [-0.4, -0.2) is 36.3 Å². The van der Waals surface area contributed by atoms with Gasteiger partial charge in [0.25, 0.3) is 5.91 Å². The molecule has 1 aliphatic heterocycles. The summed E-state index contributed by atoms with van der Waals surface area (Å²) in [5.74, 6) is -0.719. The van der Waals surface area contributed by atoms with E-state index < -0.39 is 15.9 Å². The summed E-state index contributed by atoms with van der Waals surface area (Å²) < 4.78 is 30.6. The van der Waals surface area contributed by atoms with E-state index in [1.165, 1.54) is 15.6 Å². The maximum Gasteiger partial charge on any atom is 0.252 e. The van der Waals surface area contributed by atoms with Gasteiger partial charge in [0.1, 0.15) is 0 Å². The highest BCUT2D eigenvalue weighted by Gasteiger charge is 2.33. The van der Waals surface area contributed by atoms with Gasteiger partial charge in [-0.1, -0.05) is 41.2 Å². The molecule has 6 nitrogen and oxygen atoms in total. The molecule has 1 unspecified atom stereocenters. The quantitative estimate of drug-likeness (QED) is 0.530. The lowest BCUT2D eigenvalue weighted by molar-refractivity contribution is -0.122. The molecule has 1 aliphatic rings. The van der Waals surface area contributed by atoms with Crippen molar-refractivity contribution >= 4 is 37.5 Å². The van der Waals surface area contributed by atoms with Gasteiger partial charge in [-0.2, -0.15) is 9.30 Å². The molecule has 168 valence electrons. The van der Waals surface area contributed by atoms with Crippen LogP contribution in [0.25, 0.3) is 10.2 Å². The minimum atomic E-state index is -3.64. The van der Waals surface area contributed by atoms with E-state index in [9.17, 15) is 13.2 Å². The Kier molecular flexibility index (Phi) is 6.46. The number of carbonyl (C=O) groups excluding carboxylic acids is 1. The van der Waals surface area contributed by atoms with Gasteiger partial charge in [-0.25, -0.2) is 8.42 Å². The molecule has 0 spiro atoms. The summed E-state index contributed by atoms with van der Waals surface area (Å²) in [6.45, 7) is 8.90. The van der Waals surface area contributed by atoms with Crippen molar-refractivity contribution in [3.8, 4) is 0 Å². The maximum atomic E-state index is 13.1. The summed E-state index contributed by atoms with van der Waals surface area (Å²) in [6, 6.07) is 13.0. The molecule has 2 heterocycles. The number of rotatable bonds is 5. The van der Waals surface area contributed by atoms with Crippen LogP contribution in [0, 0.1) is 19.8 Å². The Morgan fingerprint density at radius 3 is 2.62 bits per heavy atom. The number of piperidine rings is 1. The van der Waals surface area contributed by atoms with E-state index in [2.05, 4.69) is 17.6 Å². The lowest BCUT2D eigenvalue weighted by Gasteiger charge is -2.30. The molecule has 0 saturated carbocycles. The molecule has 2 aromatic carbocycles. The number of sulfonamides is 1. The number of nitrogens with zero attached hydrogens (tertiary/aromatic N) is 3. The second kappa shape index (κ2) is 9.13. The molecule has 1 amide bonds. The lowest BCUT2D eigenvalue weighted by atomic mass is 9.99. The number of benzene rings is 2. The van der Waals surface area contributed by atoms with Crippen molar-refractivity contribution in [2.45, 2.75) is 38.1 Å². The zero-order chi connectivity index (χ0) is 22.9. The van der Waals surface area contributed by atoms with Crippen LogP contribution in [-0.2, 0) is 21.4 Å². The van der Waals surface area contributed by atoms with Crippen molar-refractivity contribution in [2.75, 3.05) is 13.1 Å². The Balaban J connectivity index is 1.62. The van der Waals surface area contributed by atoms with Crippen molar-refractivity contribution in [3.63, 3.8) is 0 Å². The molecule has 0 N–H and O–H groups in total. The predicted octanol–water partition coefficient (Wildman–Crippen LogP) is 4.03. The Morgan fingerprint density at radius 1 is 1.19 bits per heavy atom. The minimum absolute atomic E-state index is 0.157. The van der Waals surface area contributed by atoms with E-state index in [0.717, 1.165) is 21.3 Å².